The van der Waals surface area contributed by atoms with Gasteiger partial charge in [0.1, 0.15) is 11.9 Å². The van der Waals surface area contributed by atoms with E-state index < -0.39 is 0 Å². The molecule has 0 saturated heterocycles. The molecule has 1 saturated carbocycles. The molecule has 3 unspecified atom stereocenters. The third kappa shape index (κ3) is 5.63. The molecular weight excluding hydrogens is 340 g/mol. The summed E-state index contributed by atoms with van der Waals surface area (Å²) in [6.45, 7) is 12.7. The smallest absolute Gasteiger partial charge is 0.407 e. The lowest BCUT2D eigenvalue weighted by Crippen LogP contribution is -2.46. The fraction of sp³-hybridized carbons (Fsp3) is 0.810. The van der Waals surface area contributed by atoms with Crippen LogP contribution in [0.3, 0.4) is 0 Å². The average Bonchev–Trinajstić information content (AvgIpc) is 3.19. The molecular formula is C21H38N4O2. The van der Waals surface area contributed by atoms with E-state index in [1.807, 2.05) is 10.7 Å². The zero-order valence-corrected chi connectivity index (χ0v) is 18.0. The van der Waals surface area contributed by atoms with Gasteiger partial charge in [-0.1, -0.05) is 26.7 Å². The van der Waals surface area contributed by atoms with Gasteiger partial charge in [-0.2, -0.15) is 5.10 Å². The summed E-state index contributed by atoms with van der Waals surface area (Å²) in [5, 5.41) is 7.81. The Bertz CT molecular complexity index is 635. The quantitative estimate of drug-likeness (QED) is 0.704. The van der Waals surface area contributed by atoms with Gasteiger partial charge in [0.15, 0.2) is 0 Å². The number of nitrogen functional groups attached to an aromatic ring is 1. The molecule has 1 aromatic rings. The number of carbonyl (C=O) groups excluding carboxylic acids is 1. The van der Waals surface area contributed by atoms with Crippen molar-refractivity contribution in [3.63, 3.8) is 0 Å². The zero-order chi connectivity index (χ0) is 20.2. The normalized spacial score (nSPS) is 22.4. The Hall–Kier alpha value is -1.72. The second-order valence-electron chi connectivity index (χ2n) is 9.26. The lowest BCUT2D eigenvalue weighted by molar-refractivity contribution is 0.0895. The van der Waals surface area contributed by atoms with E-state index in [9.17, 15) is 4.79 Å². The van der Waals surface area contributed by atoms with Gasteiger partial charge in [-0.3, -0.25) is 0 Å². The lowest BCUT2D eigenvalue weighted by Gasteiger charge is -2.29. The molecule has 154 valence electrons. The molecule has 6 heteroatoms. The molecule has 0 bridgehead atoms. The van der Waals surface area contributed by atoms with Gasteiger partial charge in [0.2, 0.25) is 0 Å². The van der Waals surface area contributed by atoms with Gasteiger partial charge in [0, 0.05) is 17.5 Å². The number of alkyl carbamates (subject to hydrolysis) is 1. The molecule has 3 atom stereocenters. The lowest BCUT2D eigenvalue weighted by atomic mass is 9.92. The van der Waals surface area contributed by atoms with Crippen LogP contribution >= 0.6 is 0 Å². The predicted octanol–water partition coefficient (Wildman–Crippen LogP) is 4.94. The number of nitrogens with two attached hydrogens (primary N) is 1. The summed E-state index contributed by atoms with van der Waals surface area (Å²) in [5.74, 6) is 0.987. The Morgan fingerprint density at radius 2 is 2.04 bits per heavy atom. The van der Waals surface area contributed by atoms with E-state index in [1.165, 1.54) is 0 Å². The molecule has 2 rings (SSSR count). The van der Waals surface area contributed by atoms with Crippen molar-refractivity contribution >= 4 is 11.9 Å². The molecule has 0 aromatic carbocycles. The van der Waals surface area contributed by atoms with Gasteiger partial charge >= 0.3 is 6.09 Å². The Morgan fingerprint density at radius 1 is 1.33 bits per heavy atom. The molecule has 1 heterocycles. The van der Waals surface area contributed by atoms with Crippen LogP contribution < -0.4 is 11.1 Å². The second kappa shape index (κ2) is 8.53. The zero-order valence-electron chi connectivity index (χ0n) is 18.0. The van der Waals surface area contributed by atoms with Gasteiger partial charge in [-0.15, -0.1) is 0 Å². The maximum atomic E-state index is 12.4. The van der Waals surface area contributed by atoms with Gasteiger partial charge in [-0.05, 0) is 59.8 Å². The van der Waals surface area contributed by atoms with Crippen molar-refractivity contribution in [2.75, 3.05) is 5.73 Å². The third-order valence-electron chi connectivity index (χ3n) is 5.73. The number of carbonyl (C=O) groups is 1. The first-order valence-electron chi connectivity index (χ1n) is 10.4. The maximum absolute atomic E-state index is 12.4. The molecule has 1 fully saturated rings. The fourth-order valence-corrected chi connectivity index (χ4v) is 3.79. The number of hydrogen-bond acceptors (Lipinski definition) is 4. The Morgan fingerprint density at radius 3 is 2.59 bits per heavy atom. The van der Waals surface area contributed by atoms with Crippen molar-refractivity contribution in [2.45, 2.75) is 110 Å². The van der Waals surface area contributed by atoms with Gasteiger partial charge < -0.3 is 15.8 Å². The molecule has 6 nitrogen and oxygen atoms in total. The van der Waals surface area contributed by atoms with Crippen LogP contribution in [0.25, 0.3) is 0 Å². The Labute approximate surface area is 164 Å². The molecule has 1 amide bonds. The van der Waals surface area contributed by atoms with Crippen molar-refractivity contribution in [1.29, 1.82) is 0 Å². The van der Waals surface area contributed by atoms with E-state index >= 15 is 0 Å². The molecule has 3 N–H and O–H groups in total. The monoisotopic (exact) mass is 378 g/mol. The highest BCUT2D eigenvalue weighted by atomic mass is 16.6. The molecule has 1 aliphatic carbocycles. The van der Waals surface area contributed by atoms with E-state index in [0.717, 1.165) is 50.6 Å². The minimum atomic E-state index is -0.291. The summed E-state index contributed by atoms with van der Waals surface area (Å²) in [7, 11) is 0. The van der Waals surface area contributed by atoms with Gasteiger partial charge in [0.05, 0.1) is 11.2 Å². The van der Waals surface area contributed by atoms with Crippen LogP contribution in [0.15, 0.2) is 6.07 Å². The van der Waals surface area contributed by atoms with Crippen LogP contribution in [-0.4, -0.2) is 27.5 Å². The number of nitrogens with one attached hydrogen (secondary N) is 1. The highest BCUT2D eigenvalue weighted by Crippen LogP contribution is 2.37. The highest BCUT2D eigenvalue weighted by Gasteiger charge is 2.33. The molecule has 1 aromatic heterocycles. The first kappa shape index (κ1) is 21.6. The first-order valence-corrected chi connectivity index (χ1v) is 10.4. The molecule has 0 radical (unpaired) electrons. The number of hydrogen-bond donors (Lipinski definition) is 2. The van der Waals surface area contributed by atoms with Crippen LogP contribution in [0.4, 0.5) is 10.6 Å². The number of rotatable bonds is 7. The summed E-state index contributed by atoms with van der Waals surface area (Å²) in [6, 6.07) is 1.97. The van der Waals surface area contributed by atoms with Crippen LogP contribution in [-0.2, 0) is 10.3 Å². The number of amides is 1. The van der Waals surface area contributed by atoms with Crippen LogP contribution in [0, 0.1) is 0 Å². The van der Waals surface area contributed by atoms with Crippen molar-refractivity contribution in [2.24, 2.45) is 0 Å². The number of nitrogens with zero attached hydrogens (tertiary/aromatic N) is 2. The van der Waals surface area contributed by atoms with Crippen LogP contribution in [0.2, 0.25) is 0 Å². The minimum absolute atomic E-state index is 0.0525. The number of ether oxygens (including phenoxy) is 1. The van der Waals surface area contributed by atoms with E-state index in [1.54, 1.807) is 0 Å². The van der Waals surface area contributed by atoms with Crippen LogP contribution in [0.1, 0.15) is 98.1 Å². The summed E-state index contributed by atoms with van der Waals surface area (Å²) in [6.07, 6.45) is 6.42. The topological polar surface area (TPSA) is 82.2 Å². The summed E-state index contributed by atoms with van der Waals surface area (Å²) in [5.41, 5.74) is 6.82. The molecule has 0 spiro atoms. The third-order valence-corrected chi connectivity index (χ3v) is 5.73. The summed E-state index contributed by atoms with van der Waals surface area (Å²) >= 11 is 0. The van der Waals surface area contributed by atoms with Crippen molar-refractivity contribution in [1.82, 2.24) is 15.1 Å². The molecule has 27 heavy (non-hydrogen) atoms. The van der Waals surface area contributed by atoms with E-state index in [2.05, 4.69) is 46.9 Å². The maximum Gasteiger partial charge on any atom is 0.407 e. The van der Waals surface area contributed by atoms with E-state index in [-0.39, 0.29) is 23.3 Å². The number of aromatic nitrogens is 2. The average molecular weight is 379 g/mol. The standard InChI is InChI=1S/C21H38N4O2/c1-7-9-12-21(6,8-2)23-19(26)27-16-11-10-15(13-16)17-14-18(22)25(24-17)20(3,4)5/h14-16H,7-13,22H2,1-6H3,(H,23,26). The Kier molecular flexibility index (Phi) is 6.82. The second-order valence-corrected chi connectivity index (χ2v) is 9.26. The van der Waals surface area contributed by atoms with Gasteiger partial charge in [0.25, 0.3) is 0 Å². The summed E-state index contributed by atoms with van der Waals surface area (Å²) < 4.78 is 7.61. The summed E-state index contributed by atoms with van der Waals surface area (Å²) in [4.78, 5) is 12.4. The highest BCUT2D eigenvalue weighted by molar-refractivity contribution is 5.68. The molecule has 0 aliphatic heterocycles. The number of unbranched alkanes of at least 4 members (excludes halogenated alkanes) is 1. The molecule has 1 aliphatic rings. The van der Waals surface area contributed by atoms with Crippen molar-refractivity contribution < 1.29 is 9.53 Å². The number of anilines is 1. The largest absolute Gasteiger partial charge is 0.446 e. The Balaban J connectivity index is 1.92. The SMILES string of the molecule is CCCCC(C)(CC)NC(=O)OC1CCC(c2cc(N)n(C(C)(C)C)n2)C1. The van der Waals surface area contributed by atoms with Crippen LogP contribution in [0.5, 0.6) is 0 Å². The van der Waals surface area contributed by atoms with E-state index in [0.29, 0.717) is 11.7 Å². The minimum Gasteiger partial charge on any atom is -0.446 e. The predicted molar refractivity (Wildman–Crippen MR) is 110 cm³/mol. The van der Waals surface area contributed by atoms with Crippen molar-refractivity contribution in [3.05, 3.63) is 11.8 Å². The van der Waals surface area contributed by atoms with Gasteiger partial charge in [-0.25, -0.2) is 9.48 Å². The fourth-order valence-electron chi connectivity index (χ4n) is 3.79. The van der Waals surface area contributed by atoms with Crippen molar-refractivity contribution in [3.8, 4) is 0 Å². The van der Waals surface area contributed by atoms with E-state index in [4.69, 9.17) is 15.6 Å². The first-order chi connectivity index (χ1) is 12.6.